The van der Waals surface area contributed by atoms with Gasteiger partial charge in [-0.1, -0.05) is 23.7 Å². The summed E-state index contributed by atoms with van der Waals surface area (Å²) in [6, 6.07) is 7.55. The number of nitrogens with zero attached hydrogens (tertiary/aromatic N) is 4. The first-order valence-electron chi connectivity index (χ1n) is 6.51. The average molecular weight is 366 g/mol. The smallest absolute Gasteiger partial charge is 0.321 e. The van der Waals surface area contributed by atoms with E-state index in [2.05, 4.69) is 20.3 Å². The standard InChI is InChI=1S/C14H12ClN5O3S/c1-9-18-13(20-14(19-9)23-2)17-8-10(7-16)24(21,22)12-6-4-3-5-11(12)15/h3-6,8H,1-2H3,(H,17,18,19,20). The van der Waals surface area contributed by atoms with E-state index in [1.165, 1.54) is 25.3 Å². The van der Waals surface area contributed by atoms with Crippen molar-refractivity contribution in [1.29, 1.82) is 5.26 Å². The maximum atomic E-state index is 12.5. The molecule has 0 spiro atoms. The van der Waals surface area contributed by atoms with E-state index in [0.29, 0.717) is 5.82 Å². The maximum absolute atomic E-state index is 12.5. The molecule has 0 aliphatic heterocycles. The van der Waals surface area contributed by atoms with E-state index in [9.17, 15) is 13.7 Å². The SMILES string of the molecule is COc1nc(C)nc(NC=C(C#N)S(=O)(=O)c2ccccc2Cl)n1. The van der Waals surface area contributed by atoms with Crippen molar-refractivity contribution in [3.05, 3.63) is 46.2 Å². The van der Waals surface area contributed by atoms with Gasteiger partial charge in [0.25, 0.3) is 0 Å². The number of halogens is 1. The third-order valence-corrected chi connectivity index (χ3v) is 4.93. The summed E-state index contributed by atoms with van der Waals surface area (Å²) in [7, 11) is -2.69. The summed E-state index contributed by atoms with van der Waals surface area (Å²) in [5.74, 6) is 0.409. The molecule has 2 rings (SSSR count). The highest BCUT2D eigenvalue weighted by Crippen LogP contribution is 2.26. The highest BCUT2D eigenvalue weighted by Gasteiger charge is 2.23. The van der Waals surface area contributed by atoms with Gasteiger partial charge in [-0.05, 0) is 19.1 Å². The Morgan fingerprint density at radius 1 is 1.33 bits per heavy atom. The lowest BCUT2D eigenvalue weighted by Crippen LogP contribution is -2.08. The molecule has 8 nitrogen and oxygen atoms in total. The van der Waals surface area contributed by atoms with Gasteiger partial charge in [0.2, 0.25) is 15.8 Å². The van der Waals surface area contributed by atoms with E-state index >= 15 is 0 Å². The predicted octanol–water partition coefficient (Wildman–Crippen LogP) is 2.09. The van der Waals surface area contributed by atoms with Gasteiger partial charge in [0.05, 0.1) is 17.0 Å². The summed E-state index contributed by atoms with van der Waals surface area (Å²) < 4.78 is 29.9. The van der Waals surface area contributed by atoms with Crippen molar-refractivity contribution in [2.45, 2.75) is 11.8 Å². The number of nitriles is 1. The fraction of sp³-hybridized carbons (Fsp3) is 0.143. The molecular weight excluding hydrogens is 354 g/mol. The Bertz CT molecular complexity index is 938. The molecule has 124 valence electrons. The molecule has 0 fully saturated rings. The minimum absolute atomic E-state index is 0.0244. The molecule has 0 saturated heterocycles. The normalized spacial score (nSPS) is 11.7. The Labute approximate surface area is 143 Å². The molecule has 0 radical (unpaired) electrons. The molecular formula is C14H12ClN5O3S. The number of hydrogen-bond acceptors (Lipinski definition) is 8. The van der Waals surface area contributed by atoms with E-state index in [-0.39, 0.29) is 21.9 Å². The molecule has 24 heavy (non-hydrogen) atoms. The maximum Gasteiger partial charge on any atom is 0.321 e. The summed E-state index contributed by atoms with van der Waals surface area (Å²) in [4.78, 5) is 11.1. The Balaban J connectivity index is 2.39. The van der Waals surface area contributed by atoms with Gasteiger partial charge >= 0.3 is 6.01 Å². The molecule has 10 heteroatoms. The first kappa shape index (κ1) is 17.7. The number of benzene rings is 1. The quantitative estimate of drug-likeness (QED) is 0.800. The zero-order valence-electron chi connectivity index (χ0n) is 12.7. The van der Waals surface area contributed by atoms with E-state index in [4.69, 9.17) is 16.3 Å². The fourth-order valence-electron chi connectivity index (χ4n) is 1.69. The van der Waals surface area contributed by atoms with Crippen LogP contribution in [0.3, 0.4) is 0 Å². The van der Waals surface area contributed by atoms with Crippen LogP contribution in [0.25, 0.3) is 0 Å². The van der Waals surface area contributed by atoms with Crippen molar-refractivity contribution in [1.82, 2.24) is 15.0 Å². The van der Waals surface area contributed by atoms with Crippen molar-refractivity contribution in [3.63, 3.8) is 0 Å². The zero-order chi connectivity index (χ0) is 17.7. The van der Waals surface area contributed by atoms with Crippen LogP contribution in [0.15, 0.2) is 40.3 Å². The summed E-state index contributed by atoms with van der Waals surface area (Å²) in [6.45, 7) is 1.62. The number of aryl methyl sites for hydroxylation is 1. The van der Waals surface area contributed by atoms with Crippen LogP contribution in [-0.4, -0.2) is 30.5 Å². The molecule has 0 aliphatic carbocycles. The van der Waals surface area contributed by atoms with E-state index in [1.807, 2.05) is 0 Å². The molecule has 0 aliphatic rings. The number of sulfone groups is 1. The van der Waals surface area contributed by atoms with Crippen LogP contribution in [0.2, 0.25) is 5.02 Å². The fourth-order valence-corrected chi connectivity index (χ4v) is 3.29. The lowest BCUT2D eigenvalue weighted by molar-refractivity contribution is 0.377. The summed E-state index contributed by atoms with van der Waals surface area (Å²) >= 11 is 5.90. The molecule has 0 unspecified atom stereocenters. The van der Waals surface area contributed by atoms with Crippen LogP contribution in [-0.2, 0) is 9.84 Å². The monoisotopic (exact) mass is 365 g/mol. The zero-order valence-corrected chi connectivity index (χ0v) is 14.3. The Hall–Kier alpha value is -2.70. The topological polar surface area (TPSA) is 118 Å². The van der Waals surface area contributed by atoms with Crippen LogP contribution in [0.4, 0.5) is 5.95 Å². The van der Waals surface area contributed by atoms with Gasteiger partial charge in [-0.2, -0.15) is 20.2 Å². The van der Waals surface area contributed by atoms with Gasteiger partial charge in [-0.15, -0.1) is 0 Å². The third kappa shape index (κ3) is 3.79. The first-order valence-corrected chi connectivity index (χ1v) is 8.37. The molecule has 2 aromatic rings. The van der Waals surface area contributed by atoms with E-state index in [0.717, 1.165) is 6.20 Å². The van der Waals surface area contributed by atoms with Gasteiger partial charge in [0, 0.05) is 6.20 Å². The summed E-state index contributed by atoms with van der Waals surface area (Å²) in [6.07, 6.45) is 0.993. The number of hydrogen-bond donors (Lipinski definition) is 1. The van der Waals surface area contributed by atoms with Crippen LogP contribution in [0.5, 0.6) is 6.01 Å². The minimum Gasteiger partial charge on any atom is -0.467 e. The predicted molar refractivity (Wildman–Crippen MR) is 87.1 cm³/mol. The molecule has 0 bridgehead atoms. The Morgan fingerprint density at radius 3 is 2.67 bits per heavy atom. The first-order chi connectivity index (χ1) is 11.4. The molecule has 0 amide bonds. The summed E-state index contributed by atoms with van der Waals surface area (Å²) in [5, 5.41) is 11.8. The van der Waals surface area contributed by atoms with Crippen molar-refractivity contribution in [3.8, 4) is 12.1 Å². The van der Waals surface area contributed by atoms with Crippen LogP contribution < -0.4 is 10.1 Å². The van der Waals surface area contributed by atoms with Crippen LogP contribution in [0, 0.1) is 18.3 Å². The number of anilines is 1. The van der Waals surface area contributed by atoms with Gasteiger partial charge in [0.1, 0.15) is 11.9 Å². The molecule has 1 aromatic heterocycles. The Kier molecular flexibility index (Phi) is 5.33. The molecule has 1 N–H and O–H groups in total. The lowest BCUT2D eigenvalue weighted by atomic mass is 10.4. The lowest BCUT2D eigenvalue weighted by Gasteiger charge is -2.06. The molecule has 1 heterocycles. The van der Waals surface area contributed by atoms with Gasteiger partial charge < -0.3 is 10.1 Å². The molecule has 0 atom stereocenters. The highest BCUT2D eigenvalue weighted by atomic mass is 35.5. The van der Waals surface area contributed by atoms with Gasteiger partial charge in [-0.25, -0.2) is 8.42 Å². The van der Waals surface area contributed by atoms with E-state index < -0.39 is 14.7 Å². The molecule has 0 saturated carbocycles. The second-order valence-electron chi connectivity index (χ2n) is 4.39. The second kappa shape index (κ2) is 7.25. The number of allylic oxidation sites excluding steroid dienone is 1. The highest BCUT2D eigenvalue weighted by molar-refractivity contribution is 7.95. The van der Waals surface area contributed by atoms with Crippen LogP contribution >= 0.6 is 11.6 Å². The van der Waals surface area contributed by atoms with E-state index in [1.54, 1.807) is 19.1 Å². The van der Waals surface area contributed by atoms with Crippen LogP contribution in [0.1, 0.15) is 5.82 Å². The Morgan fingerprint density at radius 2 is 2.04 bits per heavy atom. The van der Waals surface area contributed by atoms with Gasteiger partial charge in [-0.3, -0.25) is 0 Å². The van der Waals surface area contributed by atoms with Gasteiger partial charge in [0.15, 0.2) is 4.91 Å². The number of ether oxygens (including phenoxy) is 1. The van der Waals surface area contributed by atoms with Crippen molar-refractivity contribution in [2.75, 3.05) is 12.4 Å². The number of aromatic nitrogens is 3. The van der Waals surface area contributed by atoms with Crippen molar-refractivity contribution < 1.29 is 13.2 Å². The summed E-state index contributed by atoms with van der Waals surface area (Å²) in [5.41, 5.74) is 0. The molecule has 1 aromatic carbocycles. The minimum atomic E-state index is -4.07. The van der Waals surface area contributed by atoms with Crippen molar-refractivity contribution >= 4 is 27.4 Å². The largest absolute Gasteiger partial charge is 0.467 e. The number of nitrogens with one attached hydrogen (secondary N) is 1. The third-order valence-electron chi connectivity index (χ3n) is 2.77. The second-order valence-corrected chi connectivity index (χ2v) is 6.69. The average Bonchev–Trinajstić information content (AvgIpc) is 2.54. The van der Waals surface area contributed by atoms with Crippen molar-refractivity contribution in [2.24, 2.45) is 0 Å². The number of rotatable bonds is 5. The number of methoxy groups -OCH3 is 1.